The Bertz CT molecular complexity index is 862. The highest BCUT2D eigenvalue weighted by Gasteiger charge is 2.30. The molecule has 3 rings (SSSR count). The lowest BCUT2D eigenvalue weighted by Crippen LogP contribution is -2.23. The fourth-order valence-electron chi connectivity index (χ4n) is 2.24. The number of pyridine rings is 1. The van der Waals surface area contributed by atoms with Crippen molar-refractivity contribution in [1.29, 1.82) is 0 Å². The first-order chi connectivity index (χ1) is 12.0. The number of hydrogen-bond acceptors (Lipinski definition) is 5. The molecule has 0 bridgehead atoms. The van der Waals surface area contributed by atoms with Gasteiger partial charge in [-0.25, -0.2) is 9.98 Å². The van der Waals surface area contributed by atoms with E-state index >= 15 is 0 Å². The standard InChI is InChI=1S/C18H17ClN4OS/c1-22(2)13-8-6-12(7-9-13)11-15-17(24)23(3)18(25-15)21-14-5-4-10-20-16(14)19/h4-11H,1-3H3/b15-11-,21-18?. The number of anilines is 1. The molecule has 128 valence electrons. The summed E-state index contributed by atoms with van der Waals surface area (Å²) in [6.45, 7) is 0. The molecule has 1 saturated heterocycles. The Morgan fingerprint density at radius 2 is 1.96 bits per heavy atom. The normalized spacial score (nSPS) is 17.6. The number of halogens is 1. The molecule has 1 aromatic carbocycles. The first-order valence-corrected chi connectivity index (χ1v) is 8.79. The van der Waals surface area contributed by atoms with Crippen molar-refractivity contribution in [1.82, 2.24) is 9.88 Å². The highest BCUT2D eigenvalue weighted by atomic mass is 35.5. The molecule has 1 aliphatic rings. The van der Waals surface area contributed by atoms with E-state index in [1.807, 2.05) is 49.3 Å². The number of hydrogen-bond donors (Lipinski definition) is 0. The minimum absolute atomic E-state index is 0.0829. The largest absolute Gasteiger partial charge is 0.378 e. The summed E-state index contributed by atoms with van der Waals surface area (Å²) in [5, 5.41) is 0.893. The Morgan fingerprint density at radius 3 is 2.60 bits per heavy atom. The predicted molar refractivity (Wildman–Crippen MR) is 105 cm³/mol. The molecular formula is C18H17ClN4OS. The zero-order chi connectivity index (χ0) is 18.0. The molecule has 25 heavy (non-hydrogen) atoms. The number of thioether (sulfide) groups is 1. The van der Waals surface area contributed by atoms with E-state index in [1.54, 1.807) is 25.4 Å². The van der Waals surface area contributed by atoms with Crippen LogP contribution in [0.4, 0.5) is 11.4 Å². The van der Waals surface area contributed by atoms with Crippen LogP contribution in [0.2, 0.25) is 5.15 Å². The van der Waals surface area contributed by atoms with Crippen molar-refractivity contribution in [2.24, 2.45) is 4.99 Å². The molecule has 1 amide bonds. The van der Waals surface area contributed by atoms with Gasteiger partial charge in [0.25, 0.3) is 5.91 Å². The Hall–Kier alpha value is -2.31. The van der Waals surface area contributed by atoms with Gasteiger partial charge in [0.15, 0.2) is 10.3 Å². The third-order valence-electron chi connectivity index (χ3n) is 3.67. The van der Waals surface area contributed by atoms with Crippen LogP contribution in [0, 0.1) is 0 Å². The molecule has 2 heterocycles. The van der Waals surface area contributed by atoms with Gasteiger partial charge >= 0.3 is 0 Å². The van der Waals surface area contributed by atoms with Crippen LogP contribution in [-0.2, 0) is 4.79 Å². The van der Waals surface area contributed by atoms with Gasteiger partial charge in [-0.15, -0.1) is 0 Å². The summed E-state index contributed by atoms with van der Waals surface area (Å²) in [5.41, 5.74) is 2.62. The van der Waals surface area contributed by atoms with Crippen LogP contribution in [0.25, 0.3) is 6.08 Å². The third kappa shape index (κ3) is 3.86. The van der Waals surface area contributed by atoms with E-state index in [-0.39, 0.29) is 5.91 Å². The molecule has 0 atom stereocenters. The second-order valence-corrected chi connectivity index (χ2v) is 7.04. The highest BCUT2D eigenvalue weighted by molar-refractivity contribution is 8.18. The SMILES string of the molecule is CN1C(=O)/C(=C/c2ccc(N(C)C)cc2)SC1=Nc1cccnc1Cl. The van der Waals surface area contributed by atoms with E-state index in [1.165, 1.54) is 16.7 Å². The lowest BCUT2D eigenvalue weighted by Gasteiger charge is -2.11. The summed E-state index contributed by atoms with van der Waals surface area (Å²) in [5.74, 6) is -0.0829. The zero-order valence-corrected chi connectivity index (χ0v) is 15.7. The van der Waals surface area contributed by atoms with Crippen LogP contribution >= 0.6 is 23.4 Å². The summed E-state index contributed by atoms with van der Waals surface area (Å²) in [6.07, 6.45) is 3.47. The number of carbonyl (C=O) groups excluding carboxylic acids is 1. The smallest absolute Gasteiger partial charge is 0.266 e. The zero-order valence-electron chi connectivity index (χ0n) is 14.1. The number of likely N-dealkylation sites (N-methyl/N-ethyl adjacent to an activating group) is 1. The van der Waals surface area contributed by atoms with Gasteiger partial charge in [-0.3, -0.25) is 9.69 Å². The maximum Gasteiger partial charge on any atom is 0.266 e. The third-order valence-corrected chi connectivity index (χ3v) is 5.02. The van der Waals surface area contributed by atoms with Crippen LogP contribution in [0.1, 0.15) is 5.56 Å². The van der Waals surface area contributed by atoms with Crippen LogP contribution in [0.3, 0.4) is 0 Å². The molecule has 0 saturated carbocycles. The number of amides is 1. The quantitative estimate of drug-likeness (QED) is 0.602. The van der Waals surface area contributed by atoms with Gasteiger partial charge in [0.1, 0.15) is 5.69 Å². The number of aromatic nitrogens is 1. The number of carbonyl (C=O) groups is 1. The minimum atomic E-state index is -0.0829. The molecule has 2 aromatic rings. The van der Waals surface area contributed by atoms with E-state index in [2.05, 4.69) is 9.98 Å². The fraction of sp³-hybridized carbons (Fsp3) is 0.167. The molecule has 1 aliphatic heterocycles. The Kier molecular flexibility index (Phi) is 5.11. The summed E-state index contributed by atoms with van der Waals surface area (Å²) in [7, 11) is 5.69. The van der Waals surface area contributed by atoms with E-state index in [9.17, 15) is 4.79 Å². The summed E-state index contributed by atoms with van der Waals surface area (Å²) in [4.78, 5) is 25.1. The van der Waals surface area contributed by atoms with Gasteiger partial charge in [-0.05, 0) is 47.7 Å². The number of benzene rings is 1. The molecule has 5 nitrogen and oxygen atoms in total. The Morgan fingerprint density at radius 1 is 1.24 bits per heavy atom. The topological polar surface area (TPSA) is 48.8 Å². The summed E-state index contributed by atoms with van der Waals surface area (Å²) in [6, 6.07) is 11.5. The van der Waals surface area contributed by atoms with Gasteiger partial charge in [-0.2, -0.15) is 0 Å². The van der Waals surface area contributed by atoms with E-state index in [4.69, 9.17) is 11.6 Å². The Labute approximate surface area is 156 Å². The minimum Gasteiger partial charge on any atom is -0.378 e. The van der Waals surface area contributed by atoms with Crippen LogP contribution in [-0.4, -0.2) is 42.1 Å². The Balaban J connectivity index is 1.87. The lowest BCUT2D eigenvalue weighted by molar-refractivity contribution is -0.121. The van der Waals surface area contributed by atoms with E-state index in [0.29, 0.717) is 20.9 Å². The molecule has 0 unspecified atom stereocenters. The monoisotopic (exact) mass is 372 g/mol. The second kappa shape index (κ2) is 7.29. The average molecular weight is 373 g/mol. The lowest BCUT2D eigenvalue weighted by atomic mass is 10.2. The van der Waals surface area contributed by atoms with Gasteiger partial charge in [0.05, 0.1) is 4.91 Å². The van der Waals surface area contributed by atoms with Gasteiger partial charge in [0, 0.05) is 33.0 Å². The van der Waals surface area contributed by atoms with Crippen molar-refractivity contribution in [2.75, 3.05) is 26.0 Å². The summed E-state index contributed by atoms with van der Waals surface area (Å²) >= 11 is 7.37. The number of amidine groups is 1. The van der Waals surface area contributed by atoms with Crippen LogP contribution < -0.4 is 4.90 Å². The van der Waals surface area contributed by atoms with Crippen LogP contribution in [0.5, 0.6) is 0 Å². The number of nitrogens with zero attached hydrogens (tertiary/aromatic N) is 4. The molecule has 1 aromatic heterocycles. The molecule has 0 N–H and O–H groups in total. The van der Waals surface area contributed by atoms with Crippen molar-refractivity contribution in [3.8, 4) is 0 Å². The molecule has 0 aliphatic carbocycles. The predicted octanol–water partition coefficient (Wildman–Crippen LogP) is 4.03. The molecule has 0 spiro atoms. The van der Waals surface area contributed by atoms with Gasteiger partial charge in [-0.1, -0.05) is 23.7 Å². The number of aliphatic imine (C=N–C) groups is 1. The molecule has 1 fully saturated rings. The highest BCUT2D eigenvalue weighted by Crippen LogP contribution is 2.34. The fourth-order valence-corrected chi connectivity index (χ4v) is 3.38. The molecule has 0 radical (unpaired) electrons. The van der Waals surface area contributed by atoms with Gasteiger partial charge in [0.2, 0.25) is 0 Å². The van der Waals surface area contributed by atoms with Crippen LogP contribution in [0.15, 0.2) is 52.5 Å². The van der Waals surface area contributed by atoms with E-state index in [0.717, 1.165) is 11.3 Å². The van der Waals surface area contributed by atoms with Crippen molar-refractivity contribution in [2.45, 2.75) is 0 Å². The van der Waals surface area contributed by atoms with Crippen molar-refractivity contribution in [3.05, 3.63) is 58.2 Å². The maximum absolute atomic E-state index is 12.5. The van der Waals surface area contributed by atoms with Gasteiger partial charge < -0.3 is 4.90 Å². The van der Waals surface area contributed by atoms with E-state index < -0.39 is 0 Å². The average Bonchev–Trinajstić information content (AvgIpc) is 2.85. The second-order valence-electron chi connectivity index (χ2n) is 5.67. The van der Waals surface area contributed by atoms with Crippen molar-refractivity contribution < 1.29 is 4.79 Å². The van der Waals surface area contributed by atoms with Crippen molar-refractivity contribution in [3.63, 3.8) is 0 Å². The first-order valence-electron chi connectivity index (χ1n) is 7.60. The molecule has 7 heteroatoms. The van der Waals surface area contributed by atoms with Crippen molar-refractivity contribution >= 4 is 51.9 Å². The first kappa shape index (κ1) is 17.5. The summed E-state index contributed by atoms with van der Waals surface area (Å²) < 4.78 is 0. The molecular weight excluding hydrogens is 356 g/mol. The maximum atomic E-state index is 12.5. The number of rotatable bonds is 3.